The van der Waals surface area contributed by atoms with Crippen molar-refractivity contribution in [3.63, 3.8) is 0 Å². The third-order valence-corrected chi connectivity index (χ3v) is 8.26. The summed E-state index contributed by atoms with van der Waals surface area (Å²) in [5.74, 6) is -0.883. The van der Waals surface area contributed by atoms with E-state index in [0.29, 0.717) is 21.8 Å². The average molecular weight is 487 g/mol. The van der Waals surface area contributed by atoms with Crippen molar-refractivity contribution in [1.29, 1.82) is 5.26 Å². The average Bonchev–Trinajstić information content (AvgIpc) is 3.43. The molecule has 2 aromatic heterocycles. The van der Waals surface area contributed by atoms with E-state index in [9.17, 15) is 14.9 Å². The predicted molar refractivity (Wildman–Crippen MR) is 138 cm³/mol. The molecule has 34 heavy (non-hydrogen) atoms. The van der Waals surface area contributed by atoms with Gasteiger partial charge in [0.05, 0.1) is 23.3 Å². The van der Waals surface area contributed by atoms with Gasteiger partial charge < -0.3 is 4.74 Å². The Morgan fingerprint density at radius 2 is 1.50 bits per heavy atom. The van der Waals surface area contributed by atoms with Gasteiger partial charge in [0.2, 0.25) is 0 Å². The van der Waals surface area contributed by atoms with Crippen LogP contribution in [0.2, 0.25) is 0 Å². The van der Waals surface area contributed by atoms with Crippen LogP contribution in [0.1, 0.15) is 36.3 Å². The highest BCUT2D eigenvalue weighted by molar-refractivity contribution is 7.21. The van der Waals surface area contributed by atoms with Gasteiger partial charge in [-0.15, -0.1) is 11.3 Å². The Balaban J connectivity index is 1.87. The van der Waals surface area contributed by atoms with Crippen LogP contribution in [0, 0.1) is 18.3 Å². The summed E-state index contributed by atoms with van der Waals surface area (Å²) in [7, 11) is 0. The van der Waals surface area contributed by atoms with Crippen molar-refractivity contribution >= 4 is 65.8 Å². The van der Waals surface area contributed by atoms with Gasteiger partial charge in [-0.05, 0) is 32.4 Å². The Morgan fingerprint density at radius 3 is 2.12 bits per heavy atom. The van der Waals surface area contributed by atoms with Gasteiger partial charge in [-0.25, -0.2) is 0 Å². The molecule has 2 amide bonds. The van der Waals surface area contributed by atoms with E-state index in [-0.39, 0.29) is 12.6 Å². The molecule has 0 saturated carbocycles. The number of thiophene rings is 2. The topological polar surface area (TPSA) is 70.4 Å². The minimum Gasteiger partial charge on any atom is -0.480 e. The van der Waals surface area contributed by atoms with Gasteiger partial charge in [0, 0.05) is 36.2 Å². The van der Waals surface area contributed by atoms with E-state index < -0.39 is 11.8 Å². The number of nitriles is 1. The smallest absolute Gasteiger partial charge is 0.263 e. The summed E-state index contributed by atoms with van der Waals surface area (Å²) in [6, 6.07) is 17.7. The molecule has 1 unspecified atom stereocenters. The van der Waals surface area contributed by atoms with Crippen LogP contribution >= 0.6 is 22.7 Å². The first kappa shape index (κ1) is 22.3. The number of ether oxygens (including phenoxy) is 1. The van der Waals surface area contributed by atoms with Gasteiger partial charge in [0.25, 0.3) is 11.8 Å². The Labute approximate surface area is 205 Å². The van der Waals surface area contributed by atoms with Crippen LogP contribution in [-0.2, 0) is 9.59 Å². The summed E-state index contributed by atoms with van der Waals surface area (Å²) < 4.78 is 8.32. The van der Waals surface area contributed by atoms with Crippen LogP contribution in [0.3, 0.4) is 0 Å². The first-order valence-corrected chi connectivity index (χ1v) is 12.7. The van der Waals surface area contributed by atoms with Gasteiger partial charge in [0.1, 0.15) is 6.54 Å². The molecule has 0 aliphatic carbocycles. The quantitative estimate of drug-likeness (QED) is 0.233. The monoisotopic (exact) mass is 486 g/mol. The van der Waals surface area contributed by atoms with Crippen LogP contribution in [0.4, 0.5) is 0 Å². The number of hydrogen-bond acceptors (Lipinski definition) is 6. The molecule has 1 aliphatic rings. The fourth-order valence-corrected chi connectivity index (χ4v) is 6.56. The van der Waals surface area contributed by atoms with E-state index in [1.165, 1.54) is 11.3 Å². The lowest BCUT2D eigenvalue weighted by Gasteiger charge is -2.14. The van der Waals surface area contributed by atoms with Crippen LogP contribution in [0.25, 0.3) is 31.3 Å². The van der Waals surface area contributed by atoms with Crippen molar-refractivity contribution in [3.8, 4) is 11.1 Å². The summed E-state index contributed by atoms with van der Waals surface area (Å²) in [5, 5.41) is 11.8. The number of aryl methyl sites for hydroxylation is 1. The van der Waals surface area contributed by atoms with E-state index in [1.54, 1.807) is 11.3 Å². The first-order chi connectivity index (χ1) is 16.5. The Kier molecular flexibility index (Phi) is 5.72. The maximum atomic E-state index is 13.8. The zero-order valence-electron chi connectivity index (χ0n) is 19.0. The van der Waals surface area contributed by atoms with Gasteiger partial charge in [-0.3, -0.25) is 14.5 Å². The number of hydrogen-bond donors (Lipinski definition) is 0. The molecule has 5 rings (SSSR count). The fraction of sp³-hybridized carbons (Fsp3) is 0.222. The molecular weight excluding hydrogens is 464 g/mol. The van der Waals surface area contributed by atoms with E-state index >= 15 is 0 Å². The summed E-state index contributed by atoms with van der Waals surface area (Å²) in [6.07, 6.45) is 0.753. The highest BCUT2D eigenvalue weighted by Crippen LogP contribution is 2.49. The van der Waals surface area contributed by atoms with E-state index in [0.717, 1.165) is 41.9 Å². The van der Waals surface area contributed by atoms with Gasteiger partial charge in [-0.2, -0.15) is 5.26 Å². The molecule has 170 valence electrons. The molecule has 1 atom stereocenters. The van der Waals surface area contributed by atoms with E-state index in [2.05, 4.69) is 0 Å². The number of fused-ring (bicyclic) bond motifs is 2. The van der Waals surface area contributed by atoms with Crippen molar-refractivity contribution in [2.45, 2.75) is 33.3 Å². The van der Waals surface area contributed by atoms with Crippen LogP contribution in [-0.4, -0.2) is 29.4 Å². The van der Waals surface area contributed by atoms with E-state index in [4.69, 9.17) is 4.74 Å². The molecule has 1 aliphatic heterocycles. The second kappa shape index (κ2) is 8.71. The van der Waals surface area contributed by atoms with Crippen molar-refractivity contribution < 1.29 is 14.3 Å². The van der Waals surface area contributed by atoms with Crippen molar-refractivity contribution in [2.75, 3.05) is 6.54 Å². The molecule has 2 aromatic carbocycles. The third kappa shape index (κ3) is 3.42. The zero-order valence-corrected chi connectivity index (χ0v) is 20.7. The molecule has 0 saturated heterocycles. The molecule has 0 fully saturated rings. The van der Waals surface area contributed by atoms with Crippen molar-refractivity contribution in [3.05, 3.63) is 64.5 Å². The standard InChI is InChI=1S/C27H22N2O3S2/c1-4-15(2)32-27-22(18-10-6-8-12-20(18)34-27)24-23(25(30)29(14-13-28)26(24)31)21-16(3)33-19-11-7-5-9-17(19)21/h5-12,15H,4,14H2,1-3H3. The molecule has 0 N–H and O–H groups in total. The summed E-state index contributed by atoms with van der Waals surface area (Å²) in [6.45, 7) is 5.71. The van der Waals surface area contributed by atoms with Crippen LogP contribution in [0.15, 0.2) is 48.5 Å². The van der Waals surface area contributed by atoms with Crippen molar-refractivity contribution in [2.24, 2.45) is 0 Å². The van der Waals surface area contributed by atoms with Gasteiger partial charge >= 0.3 is 0 Å². The minimum absolute atomic E-state index is 0.0537. The second-order valence-corrected chi connectivity index (χ2v) is 10.5. The Bertz CT molecular complexity index is 1540. The lowest BCUT2D eigenvalue weighted by atomic mass is 9.94. The largest absolute Gasteiger partial charge is 0.480 e. The molecular formula is C27H22N2O3S2. The lowest BCUT2D eigenvalue weighted by Crippen LogP contribution is -2.31. The number of carbonyl (C=O) groups excluding carboxylic acids is 2. The minimum atomic E-state index is -0.450. The van der Waals surface area contributed by atoms with E-state index in [1.807, 2.05) is 75.4 Å². The number of benzene rings is 2. The highest BCUT2D eigenvalue weighted by Gasteiger charge is 2.43. The van der Waals surface area contributed by atoms with Crippen LogP contribution < -0.4 is 4.74 Å². The Hall–Kier alpha value is -3.47. The highest BCUT2D eigenvalue weighted by atomic mass is 32.1. The van der Waals surface area contributed by atoms with Crippen molar-refractivity contribution in [1.82, 2.24) is 4.90 Å². The molecule has 5 nitrogen and oxygen atoms in total. The zero-order chi connectivity index (χ0) is 24.0. The summed E-state index contributed by atoms with van der Waals surface area (Å²) >= 11 is 3.07. The van der Waals surface area contributed by atoms with Gasteiger partial charge in [0.15, 0.2) is 5.06 Å². The number of amides is 2. The SMILES string of the molecule is CCC(C)Oc1sc2ccccc2c1C1=C(c2c(C)sc3ccccc23)C(=O)N(CC#N)C1=O. The third-order valence-electron chi connectivity index (χ3n) is 6.11. The maximum absolute atomic E-state index is 13.8. The fourth-order valence-electron chi connectivity index (χ4n) is 4.34. The van der Waals surface area contributed by atoms with Gasteiger partial charge in [-0.1, -0.05) is 54.7 Å². The predicted octanol–water partition coefficient (Wildman–Crippen LogP) is 6.40. The summed E-state index contributed by atoms with van der Waals surface area (Å²) in [4.78, 5) is 29.5. The molecule has 3 heterocycles. The number of imide groups is 1. The summed E-state index contributed by atoms with van der Waals surface area (Å²) in [5.41, 5.74) is 2.08. The lowest BCUT2D eigenvalue weighted by molar-refractivity contribution is -0.135. The molecule has 0 spiro atoms. The molecule has 0 bridgehead atoms. The molecule has 4 aromatic rings. The number of rotatable bonds is 6. The first-order valence-electron chi connectivity index (χ1n) is 11.1. The molecule has 0 radical (unpaired) electrons. The Morgan fingerprint density at radius 1 is 0.941 bits per heavy atom. The molecule has 7 heteroatoms. The normalized spacial score (nSPS) is 14.9. The maximum Gasteiger partial charge on any atom is 0.263 e. The second-order valence-electron chi connectivity index (χ2n) is 8.23. The number of nitrogens with zero attached hydrogens (tertiary/aromatic N) is 2. The van der Waals surface area contributed by atoms with Crippen LogP contribution in [0.5, 0.6) is 5.06 Å². The number of carbonyl (C=O) groups is 2.